The predicted molar refractivity (Wildman–Crippen MR) is 69.8 cm³/mol. The Balaban J connectivity index is 1.82. The van der Waals surface area contributed by atoms with E-state index in [1.807, 2.05) is 6.07 Å². The molecule has 94 valence electrons. The van der Waals surface area contributed by atoms with E-state index in [4.69, 9.17) is 5.73 Å². The first-order chi connectivity index (χ1) is 8.28. The Morgan fingerprint density at radius 3 is 2.88 bits per heavy atom. The van der Waals surface area contributed by atoms with Gasteiger partial charge in [0.1, 0.15) is 5.82 Å². The highest BCUT2D eigenvalue weighted by Crippen LogP contribution is 2.15. The van der Waals surface area contributed by atoms with Crippen molar-refractivity contribution in [1.82, 2.24) is 14.9 Å². The van der Waals surface area contributed by atoms with Crippen molar-refractivity contribution in [2.75, 3.05) is 30.7 Å². The van der Waals surface area contributed by atoms with Crippen LogP contribution in [-0.2, 0) is 0 Å². The zero-order valence-electron chi connectivity index (χ0n) is 10.4. The SMILES string of the molecule is CCCN1CCC(Nc2ccnc(N)n2)CC1. The molecule has 1 aromatic heterocycles. The highest BCUT2D eigenvalue weighted by molar-refractivity contribution is 5.38. The molecule has 5 nitrogen and oxygen atoms in total. The number of hydrogen-bond donors (Lipinski definition) is 2. The molecule has 0 saturated carbocycles. The first-order valence-corrected chi connectivity index (χ1v) is 6.35. The summed E-state index contributed by atoms with van der Waals surface area (Å²) in [6.45, 7) is 5.79. The summed E-state index contributed by atoms with van der Waals surface area (Å²) in [6.07, 6.45) is 5.27. The van der Waals surface area contributed by atoms with Gasteiger partial charge in [0.15, 0.2) is 0 Å². The van der Waals surface area contributed by atoms with Crippen LogP contribution in [0.5, 0.6) is 0 Å². The lowest BCUT2D eigenvalue weighted by Gasteiger charge is -2.32. The second-order valence-electron chi connectivity index (χ2n) is 4.56. The van der Waals surface area contributed by atoms with Crippen LogP contribution in [0.15, 0.2) is 12.3 Å². The molecule has 1 fully saturated rings. The molecule has 0 amide bonds. The molecule has 5 heteroatoms. The van der Waals surface area contributed by atoms with Gasteiger partial charge < -0.3 is 16.0 Å². The van der Waals surface area contributed by atoms with E-state index in [2.05, 4.69) is 27.1 Å². The molecule has 1 aliphatic heterocycles. The lowest BCUT2D eigenvalue weighted by molar-refractivity contribution is 0.219. The van der Waals surface area contributed by atoms with Gasteiger partial charge in [-0.15, -0.1) is 0 Å². The number of piperidine rings is 1. The van der Waals surface area contributed by atoms with Crippen molar-refractivity contribution in [1.29, 1.82) is 0 Å². The summed E-state index contributed by atoms with van der Waals surface area (Å²) in [5.74, 6) is 1.17. The molecule has 0 radical (unpaired) electrons. The highest BCUT2D eigenvalue weighted by atomic mass is 15.2. The van der Waals surface area contributed by atoms with Gasteiger partial charge in [0.05, 0.1) is 0 Å². The molecule has 0 spiro atoms. The summed E-state index contributed by atoms with van der Waals surface area (Å²) in [4.78, 5) is 10.6. The van der Waals surface area contributed by atoms with Crippen molar-refractivity contribution >= 4 is 11.8 Å². The van der Waals surface area contributed by atoms with Crippen LogP contribution < -0.4 is 11.1 Å². The van der Waals surface area contributed by atoms with Gasteiger partial charge in [-0.05, 0) is 31.9 Å². The average molecular weight is 235 g/mol. The maximum Gasteiger partial charge on any atom is 0.221 e. The van der Waals surface area contributed by atoms with Crippen molar-refractivity contribution in [3.8, 4) is 0 Å². The maximum atomic E-state index is 5.55. The monoisotopic (exact) mass is 235 g/mol. The molecule has 17 heavy (non-hydrogen) atoms. The number of anilines is 2. The van der Waals surface area contributed by atoms with Crippen molar-refractivity contribution in [3.63, 3.8) is 0 Å². The van der Waals surface area contributed by atoms with Crippen LogP contribution in [0.4, 0.5) is 11.8 Å². The molecule has 0 aliphatic carbocycles. The molecule has 2 rings (SSSR count). The van der Waals surface area contributed by atoms with Crippen molar-refractivity contribution in [3.05, 3.63) is 12.3 Å². The smallest absolute Gasteiger partial charge is 0.221 e. The number of rotatable bonds is 4. The summed E-state index contributed by atoms with van der Waals surface area (Å²) in [5, 5.41) is 3.43. The quantitative estimate of drug-likeness (QED) is 0.824. The minimum atomic E-state index is 0.332. The standard InChI is InChI=1S/C12H21N5/c1-2-7-17-8-4-10(5-9-17)15-11-3-6-14-12(13)16-11/h3,6,10H,2,4-5,7-9H2,1H3,(H3,13,14,15,16). The lowest BCUT2D eigenvalue weighted by Crippen LogP contribution is -2.39. The van der Waals surface area contributed by atoms with Crippen LogP contribution in [0, 0.1) is 0 Å². The third kappa shape index (κ3) is 3.56. The fraction of sp³-hybridized carbons (Fsp3) is 0.667. The predicted octanol–water partition coefficient (Wildman–Crippen LogP) is 1.35. The number of nitrogen functional groups attached to an aromatic ring is 1. The normalized spacial score (nSPS) is 18.2. The minimum Gasteiger partial charge on any atom is -0.368 e. The maximum absolute atomic E-state index is 5.55. The number of nitrogens with zero attached hydrogens (tertiary/aromatic N) is 3. The van der Waals surface area contributed by atoms with E-state index < -0.39 is 0 Å². The molecular weight excluding hydrogens is 214 g/mol. The van der Waals surface area contributed by atoms with Crippen molar-refractivity contribution in [2.24, 2.45) is 0 Å². The summed E-state index contributed by atoms with van der Waals surface area (Å²) in [7, 11) is 0. The van der Waals surface area contributed by atoms with Crippen LogP contribution in [-0.4, -0.2) is 40.5 Å². The second-order valence-corrected chi connectivity index (χ2v) is 4.56. The number of likely N-dealkylation sites (tertiary alicyclic amines) is 1. The second kappa shape index (κ2) is 5.82. The van der Waals surface area contributed by atoms with Crippen molar-refractivity contribution in [2.45, 2.75) is 32.2 Å². The fourth-order valence-electron chi connectivity index (χ4n) is 2.28. The minimum absolute atomic E-state index is 0.332. The summed E-state index contributed by atoms with van der Waals surface area (Å²) in [6, 6.07) is 2.38. The van der Waals surface area contributed by atoms with E-state index in [0.29, 0.717) is 12.0 Å². The van der Waals surface area contributed by atoms with Crippen LogP contribution in [0.25, 0.3) is 0 Å². The van der Waals surface area contributed by atoms with Gasteiger partial charge in [-0.25, -0.2) is 4.98 Å². The number of nitrogens with two attached hydrogens (primary N) is 1. The van der Waals surface area contributed by atoms with Gasteiger partial charge >= 0.3 is 0 Å². The Morgan fingerprint density at radius 2 is 2.24 bits per heavy atom. The third-order valence-corrected chi connectivity index (χ3v) is 3.15. The molecule has 1 saturated heterocycles. The number of aromatic nitrogens is 2. The molecule has 0 unspecified atom stereocenters. The van der Waals surface area contributed by atoms with E-state index >= 15 is 0 Å². The Hall–Kier alpha value is -1.36. The zero-order valence-corrected chi connectivity index (χ0v) is 10.4. The van der Waals surface area contributed by atoms with E-state index in [1.165, 1.54) is 38.9 Å². The Morgan fingerprint density at radius 1 is 1.47 bits per heavy atom. The van der Waals surface area contributed by atoms with Gasteiger partial charge in [0, 0.05) is 25.3 Å². The molecule has 2 heterocycles. The van der Waals surface area contributed by atoms with Crippen LogP contribution >= 0.6 is 0 Å². The third-order valence-electron chi connectivity index (χ3n) is 3.15. The van der Waals surface area contributed by atoms with Crippen LogP contribution in [0.3, 0.4) is 0 Å². The molecule has 1 aliphatic rings. The topological polar surface area (TPSA) is 67.1 Å². The van der Waals surface area contributed by atoms with Gasteiger partial charge in [0.2, 0.25) is 5.95 Å². The summed E-state index contributed by atoms with van der Waals surface area (Å²) >= 11 is 0. The number of nitrogens with one attached hydrogen (secondary N) is 1. The molecule has 0 aromatic carbocycles. The van der Waals surface area contributed by atoms with E-state index in [-0.39, 0.29) is 0 Å². The molecule has 0 bridgehead atoms. The molecule has 0 atom stereocenters. The van der Waals surface area contributed by atoms with Gasteiger partial charge in [-0.1, -0.05) is 6.92 Å². The highest BCUT2D eigenvalue weighted by Gasteiger charge is 2.18. The van der Waals surface area contributed by atoms with E-state index in [1.54, 1.807) is 6.20 Å². The fourth-order valence-corrected chi connectivity index (χ4v) is 2.28. The first-order valence-electron chi connectivity index (χ1n) is 6.35. The van der Waals surface area contributed by atoms with Crippen LogP contribution in [0.1, 0.15) is 26.2 Å². The van der Waals surface area contributed by atoms with Gasteiger partial charge in [0.25, 0.3) is 0 Å². The van der Waals surface area contributed by atoms with E-state index in [0.717, 1.165) is 5.82 Å². The molecule has 3 N–H and O–H groups in total. The summed E-state index contributed by atoms with van der Waals surface area (Å²) < 4.78 is 0. The zero-order chi connectivity index (χ0) is 12.1. The Bertz CT molecular complexity index is 347. The molecule has 1 aromatic rings. The van der Waals surface area contributed by atoms with E-state index in [9.17, 15) is 0 Å². The number of hydrogen-bond acceptors (Lipinski definition) is 5. The van der Waals surface area contributed by atoms with Gasteiger partial charge in [-0.3, -0.25) is 0 Å². The van der Waals surface area contributed by atoms with Gasteiger partial charge in [-0.2, -0.15) is 4.98 Å². The first kappa shape index (κ1) is 12.1. The average Bonchev–Trinajstić information content (AvgIpc) is 2.32. The Kier molecular flexibility index (Phi) is 4.14. The van der Waals surface area contributed by atoms with Crippen molar-refractivity contribution < 1.29 is 0 Å². The van der Waals surface area contributed by atoms with Crippen LogP contribution in [0.2, 0.25) is 0 Å². The Labute approximate surface area is 102 Å². The summed E-state index contributed by atoms with van der Waals surface area (Å²) in [5.41, 5.74) is 5.55. The molecular formula is C12H21N5. The largest absolute Gasteiger partial charge is 0.368 e. The lowest BCUT2D eigenvalue weighted by atomic mass is 10.0.